The molecule has 1 aromatic carbocycles. The Morgan fingerprint density at radius 1 is 1.21 bits per heavy atom. The lowest BCUT2D eigenvalue weighted by Crippen LogP contribution is -2.34. The van der Waals surface area contributed by atoms with Crippen LogP contribution in [0.15, 0.2) is 24.3 Å². The van der Waals surface area contributed by atoms with Crippen LogP contribution < -0.4 is 10.1 Å². The first-order valence-corrected chi connectivity index (χ1v) is 7.22. The molecule has 1 saturated carbocycles. The lowest BCUT2D eigenvalue weighted by atomic mass is 10.1. The van der Waals surface area contributed by atoms with Gasteiger partial charge in [0, 0.05) is 13.1 Å². The van der Waals surface area contributed by atoms with Gasteiger partial charge in [-0.15, -0.1) is 0 Å². The number of nitrogens with one attached hydrogen (secondary N) is 1. The summed E-state index contributed by atoms with van der Waals surface area (Å²) >= 11 is 0. The zero-order chi connectivity index (χ0) is 13.7. The van der Waals surface area contributed by atoms with Crippen molar-refractivity contribution in [3.8, 4) is 5.75 Å². The fraction of sp³-hybridized carbons (Fsp3) is 0.625. The first kappa shape index (κ1) is 14.4. The fourth-order valence-corrected chi connectivity index (χ4v) is 2.40. The van der Waals surface area contributed by atoms with Crippen molar-refractivity contribution >= 4 is 0 Å². The molecule has 1 aliphatic rings. The van der Waals surface area contributed by atoms with Crippen LogP contribution in [-0.4, -0.2) is 23.4 Å². The van der Waals surface area contributed by atoms with Gasteiger partial charge in [0.25, 0.3) is 0 Å². The number of ether oxygens (including phenoxy) is 1. The second-order valence-corrected chi connectivity index (χ2v) is 6.08. The monoisotopic (exact) mass is 263 g/mol. The highest BCUT2D eigenvalue weighted by atomic mass is 16.5. The maximum atomic E-state index is 9.62. The molecule has 0 amide bonds. The molecule has 0 aromatic heterocycles. The Labute approximate surface area is 116 Å². The van der Waals surface area contributed by atoms with Gasteiger partial charge < -0.3 is 15.2 Å². The molecule has 2 N–H and O–H groups in total. The van der Waals surface area contributed by atoms with Crippen LogP contribution in [0.25, 0.3) is 0 Å². The predicted molar refractivity (Wildman–Crippen MR) is 77.3 cm³/mol. The molecule has 3 heteroatoms. The Hall–Kier alpha value is -1.06. The smallest absolute Gasteiger partial charge is 0.119 e. The van der Waals surface area contributed by atoms with E-state index in [4.69, 9.17) is 4.74 Å². The van der Waals surface area contributed by atoms with Crippen molar-refractivity contribution in [2.75, 3.05) is 6.54 Å². The van der Waals surface area contributed by atoms with Crippen LogP contribution in [-0.2, 0) is 6.54 Å². The van der Waals surface area contributed by atoms with E-state index < -0.39 is 5.60 Å². The van der Waals surface area contributed by atoms with Gasteiger partial charge in [-0.3, -0.25) is 0 Å². The maximum Gasteiger partial charge on any atom is 0.119 e. The minimum atomic E-state index is -0.661. The van der Waals surface area contributed by atoms with E-state index in [1.807, 2.05) is 12.1 Å². The number of hydrogen-bond acceptors (Lipinski definition) is 3. The second kappa shape index (κ2) is 6.40. The average Bonchev–Trinajstić information content (AvgIpc) is 2.83. The summed E-state index contributed by atoms with van der Waals surface area (Å²) < 4.78 is 5.93. The highest BCUT2D eigenvalue weighted by Crippen LogP contribution is 2.24. The summed E-state index contributed by atoms with van der Waals surface area (Å²) in [6, 6.07) is 8.25. The van der Waals surface area contributed by atoms with Crippen molar-refractivity contribution in [3.05, 3.63) is 29.8 Å². The summed E-state index contributed by atoms with van der Waals surface area (Å²) in [4.78, 5) is 0. The van der Waals surface area contributed by atoms with Gasteiger partial charge in [0.05, 0.1) is 11.7 Å². The van der Waals surface area contributed by atoms with Crippen LogP contribution in [0.4, 0.5) is 0 Å². The van der Waals surface area contributed by atoms with Crippen molar-refractivity contribution in [2.24, 2.45) is 0 Å². The van der Waals surface area contributed by atoms with Crippen LogP contribution in [0.3, 0.4) is 0 Å². The van der Waals surface area contributed by atoms with Gasteiger partial charge in [0.2, 0.25) is 0 Å². The van der Waals surface area contributed by atoms with Gasteiger partial charge in [-0.1, -0.05) is 12.1 Å². The molecule has 2 rings (SSSR count). The SMILES string of the molecule is CC(C)(O)CNCc1ccc(OC2CCCC2)cc1. The molecule has 0 unspecified atom stereocenters. The first-order valence-electron chi connectivity index (χ1n) is 7.22. The molecular formula is C16H25NO2. The largest absolute Gasteiger partial charge is 0.490 e. The van der Waals surface area contributed by atoms with Crippen LogP contribution in [0.2, 0.25) is 0 Å². The molecule has 1 fully saturated rings. The number of aliphatic hydroxyl groups is 1. The number of rotatable bonds is 6. The molecular weight excluding hydrogens is 238 g/mol. The molecule has 0 aliphatic heterocycles. The number of benzene rings is 1. The van der Waals surface area contributed by atoms with Crippen LogP contribution in [0.1, 0.15) is 45.1 Å². The summed E-state index contributed by atoms with van der Waals surface area (Å²) in [6.07, 6.45) is 5.39. The van der Waals surface area contributed by atoms with E-state index >= 15 is 0 Å². The third-order valence-corrected chi connectivity index (χ3v) is 3.42. The van der Waals surface area contributed by atoms with E-state index in [9.17, 15) is 5.11 Å². The van der Waals surface area contributed by atoms with Crippen molar-refractivity contribution in [3.63, 3.8) is 0 Å². The van der Waals surface area contributed by atoms with Gasteiger partial charge in [-0.2, -0.15) is 0 Å². The van der Waals surface area contributed by atoms with Gasteiger partial charge >= 0.3 is 0 Å². The van der Waals surface area contributed by atoms with Crippen molar-refractivity contribution < 1.29 is 9.84 Å². The van der Waals surface area contributed by atoms with Crippen LogP contribution >= 0.6 is 0 Å². The van der Waals surface area contributed by atoms with Crippen molar-refractivity contribution in [1.29, 1.82) is 0 Å². The van der Waals surface area contributed by atoms with E-state index in [2.05, 4.69) is 17.4 Å². The zero-order valence-corrected chi connectivity index (χ0v) is 12.0. The molecule has 0 saturated heterocycles. The molecule has 0 heterocycles. The third-order valence-electron chi connectivity index (χ3n) is 3.42. The summed E-state index contributed by atoms with van der Waals surface area (Å²) in [5.41, 5.74) is 0.550. The summed E-state index contributed by atoms with van der Waals surface area (Å²) in [6.45, 7) is 4.97. The van der Waals surface area contributed by atoms with E-state index in [0.29, 0.717) is 12.6 Å². The lowest BCUT2D eigenvalue weighted by molar-refractivity contribution is 0.0795. The Morgan fingerprint density at radius 3 is 2.42 bits per heavy atom. The van der Waals surface area contributed by atoms with Gasteiger partial charge in [0.1, 0.15) is 5.75 Å². The zero-order valence-electron chi connectivity index (χ0n) is 12.0. The summed E-state index contributed by atoms with van der Waals surface area (Å²) in [5.74, 6) is 0.970. The van der Waals surface area contributed by atoms with Crippen molar-refractivity contribution in [1.82, 2.24) is 5.32 Å². The second-order valence-electron chi connectivity index (χ2n) is 6.08. The van der Waals surface area contributed by atoms with Crippen LogP contribution in [0.5, 0.6) is 5.75 Å². The number of hydrogen-bond donors (Lipinski definition) is 2. The quantitative estimate of drug-likeness (QED) is 0.829. The topological polar surface area (TPSA) is 41.5 Å². The molecule has 0 atom stereocenters. The Kier molecular flexibility index (Phi) is 4.83. The van der Waals surface area contributed by atoms with Gasteiger partial charge in [-0.25, -0.2) is 0 Å². The molecule has 0 bridgehead atoms. The minimum absolute atomic E-state index is 0.416. The minimum Gasteiger partial charge on any atom is -0.490 e. The standard InChI is InChI=1S/C16H25NO2/c1-16(2,18)12-17-11-13-7-9-15(10-8-13)19-14-5-3-4-6-14/h7-10,14,17-18H,3-6,11-12H2,1-2H3. The molecule has 1 aliphatic carbocycles. The van der Waals surface area contributed by atoms with Crippen molar-refractivity contribution in [2.45, 2.75) is 57.8 Å². The highest BCUT2D eigenvalue weighted by molar-refractivity contribution is 5.27. The summed E-state index contributed by atoms with van der Waals surface area (Å²) in [5, 5.41) is 12.9. The fourth-order valence-electron chi connectivity index (χ4n) is 2.40. The predicted octanol–water partition coefficient (Wildman–Crippen LogP) is 2.87. The van der Waals surface area contributed by atoms with E-state index in [0.717, 1.165) is 12.3 Å². The average molecular weight is 263 g/mol. The van der Waals surface area contributed by atoms with Gasteiger partial charge in [-0.05, 0) is 57.2 Å². The Balaban J connectivity index is 1.77. The maximum absolute atomic E-state index is 9.62. The Bertz CT molecular complexity index is 375. The molecule has 0 radical (unpaired) electrons. The Morgan fingerprint density at radius 2 is 1.84 bits per heavy atom. The molecule has 1 aromatic rings. The van der Waals surface area contributed by atoms with E-state index in [-0.39, 0.29) is 0 Å². The molecule has 106 valence electrons. The first-order chi connectivity index (χ1) is 9.03. The normalized spacial score (nSPS) is 16.8. The summed E-state index contributed by atoms with van der Waals surface area (Å²) in [7, 11) is 0. The lowest BCUT2D eigenvalue weighted by Gasteiger charge is -2.18. The van der Waals surface area contributed by atoms with Crippen LogP contribution in [0, 0.1) is 0 Å². The molecule has 3 nitrogen and oxygen atoms in total. The van der Waals surface area contributed by atoms with E-state index in [1.54, 1.807) is 13.8 Å². The van der Waals surface area contributed by atoms with E-state index in [1.165, 1.54) is 31.2 Å². The third kappa shape index (κ3) is 5.21. The van der Waals surface area contributed by atoms with Gasteiger partial charge in [0.15, 0.2) is 0 Å². The highest BCUT2D eigenvalue weighted by Gasteiger charge is 2.16. The molecule has 19 heavy (non-hydrogen) atoms. The molecule has 0 spiro atoms.